The van der Waals surface area contributed by atoms with Crippen LogP contribution in [0.15, 0.2) is 42.9 Å². The molecular weight excluding hydrogens is 456 g/mol. The van der Waals surface area contributed by atoms with E-state index in [0.717, 1.165) is 32.2 Å². The van der Waals surface area contributed by atoms with Gasteiger partial charge < -0.3 is 20.2 Å². The lowest BCUT2D eigenvalue weighted by atomic mass is 9.68. The van der Waals surface area contributed by atoms with Crippen LogP contribution in [0.1, 0.15) is 50.5 Å². The summed E-state index contributed by atoms with van der Waals surface area (Å²) in [6.07, 6.45) is 9.81. The molecule has 9 heteroatoms. The average molecular weight is 493 g/mol. The highest BCUT2D eigenvalue weighted by atomic mass is 16.3. The SMILES string of the molecule is CN(C)[C@]1(c2ccccc2)CC[C@]2(CC1)CN(CC(=O)Nc1cncnc1O)C(=O)N2CC1CCC1. The first-order chi connectivity index (χ1) is 17.3. The first-order valence-corrected chi connectivity index (χ1v) is 12.9. The predicted molar refractivity (Wildman–Crippen MR) is 136 cm³/mol. The van der Waals surface area contributed by atoms with Crippen molar-refractivity contribution in [2.75, 3.05) is 39.0 Å². The smallest absolute Gasteiger partial charge is 0.321 e. The quantitative estimate of drug-likeness (QED) is 0.614. The van der Waals surface area contributed by atoms with E-state index in [1.54, 1.807) is 4.90 Å². The molecule has 2 aliphatic carbocycles. The molecule has 192 valence electrons. The van der Waals surface area contributed by atoms with Gasteiger partial charge in [0, 0.05) is 18.6 Å². The van der Waals surface area contributed by atoms with Crippen molar-refractivity contribution in [2.45, 2.75) is 56.0 Å². The van der Waals surface area contributed by atoms with Crippen LogP contribution in [-0.4, -0.2) is 81.0 Å². The van der Waals surface area contributed by atoms with Gasteiger partial charge in [0.25, 0.3) is 0 Å². The Bertz CT molecular complexity index is 1100. The van der Waals surface area contributed by atoms with Gasteiger partial charge in [-0.05, 0) is 64.1 Å². The number of amides is 3. The van der Waals surface area contributed by atoms with Crippen LogP contribution in [0.5, 0.6) is 5.88 Å². The molecule has 5 rings (SSSR count). The fourth-order valence-electron chi connectivity index (χ4n) is 6.28. The second-order valence-corrected chi connectivity index (χ2v) is 10.9. The maximum absolute atomic E-state index is 13.7. The Kier molecular flexibility index (Phi) is 6.59. The highest BCUT2D eigenvalue weighted by Crippen LogP contribution is 2.49. The molecule has 1 aromatic heterocycles. The van der Waals surface area contributed by atoms with Crippen molar-refractivity contribution in [1.29, 1.82) is 0 Å². The molecular formula is C27H36N6O3. The summed E-state index contributed by atoms with van der Waals surface area (Å²) in [6, 6.07) is 10.6. The summed E-state index contributed by atoms with van der Waals surface area (Å²) in [6.45, 7) is 1.25. The van der Waals surface area contributed by atoms with Gasteiger partial charge in [-0.3, -0.25) is 9.69 Å². The monoisotopic (exact) mass is 492 g/mol. The predicted octanol–water partition coefficient (Wildman–Crippen LogP) is 3.43. The fraction of sp³-hybridized carbons (Fsp3) is 0.556. The van der Waals surface area contributed by atoms with Crippen molar-refractivity contribution in [3.05, 3.63) is 48.4 Å². The molecule has 0 radical (unpaired) electrons. The topological polar surface area (TPSA) is 102 Å². The van der Waals surface area contributed by atoms with Crippen LogP contribution in [0, 0.1) is 5.92 Å². The molecule has 2 N–H and O–H groups in total. The molecule has 0 atom stereocenters. The van der Waals surface area contributed by atoms with E-state index in [0.29, 0.717) is 12.5 Å². The highest BCUT2D eigenvalue weighted by molar-refractivity contribution is 5.95. The number of urea groups is 1. The Balaban J connectivity index is 1.35. The van der Waals surface area contributed by atoms with Crippen molar-refractivity contribution in [3.63, 3.8) is 0 Å². The third-order valence-corrected chi connectivity index (χ3v) is 8.70. The van der Waals surface area contributed by atoms with Crippen molar-refractivity contribution in [1.82, 2.24) is 24.7 Å². The minimum Gasteiger partial charge on any atom is -0.492 e. The van der Waals surface area contributed by atoms with Crippen LogP contribution < -0.4 is 5.32 Å². The highest BCUT2D eigenvalue weighted by Gasteiger charge is 2.55. The number of nitrogens with one attached hydrogen (secondary N) is 1. The molecule has 1 aromatic carbocycles. The molecule has 3 amide bonds. The Morgan fingerprint density at radius 3 is 2.50 bits per heavy atom. The van der Waals surface area contributed by atoms with Gasteiger partial charge in [-0.1, -0.05) is 36.8 Å². The lowest BCUT2D eigenvalue weighted by molar-refractivity contribution is -0.116. The number of hydrogen-bond donors (Lipinski definition) is 2. The summed E-state index contributed by atoms with van der Waals surface area (Å²) in [7, 11) is 4.30. The summed E-state index contributed by atoms with van der Waals surface area (Å²) in [5.74, 6) is -0.105. The van der Waals surface area contributed by atoms with Crippen LogP contribution in [0.2, 0.25) is 0 Å². The normalized spacial score (nSPS) is 26.5. The van der Waals surface area contributed by atoms with E-state index in [1.807, 2.05) is 0 Å². The number of aromatic nitrogens is 2. The largest absolute Gasteiger partial charge is 0.492 e. The zero-order valence-electron chi connectivity index (χ0n) is 21.2. The Labute approximate surface area is 212 Å². The van der Waals surface area contributed by atoms with Gasteiger partial charge in [0.1, 0.15) is 18.6 Å². The van der Waals surface area contributed by atoms with Gasteiger partial charge in [0.15, 0.2) is 0 Å². The van der Waals surface area contributed by atoms with Crippen LogP contribution in [-0.2, 0) is 10.3 Å². The number of carbonyl (C=O) groups excluding carboxylic acids is 2. The molecule has 36 heavy (non-hydrogen) atoms. The number of anilines is 1. The lowest BCUT2D eigenvalue weighted by Gasteiger charge is -2.51. The fourth-order valence-corrected chi connectivity index (χ4v) is 6.28. The zero-order chi connectivity index (χ0) is 25.3. The van der Waals surface area contributed by atoms with Gasteiger partial charge in [-0.2, -0.15) is 0 Å². The van der Waals surface area contributed by atoms with Gasteiger partial charge >= 0.3 is 6.03 Å². The van der Waals surface area contributed by atoms with E-state index in [-0.39, 0.29) is 41.1 Å². The van der Waals surface area contributed by atoms with Crippen LogP contribution in [0.25, 0.3) is 0 Å². The molecule has 2 heterocycles. The molecule has 3 aliphatic rings. The number of benzene rings is 1. The summed E-state index contributed by atoms with van der Waals surface area (Å²) in [5.41, 5.74) is 1.14. The van der Waals surface area contributed by atoms with E-state index in [9.17, 15) is 14.7 Å². The number of hydrogen-bond acceptors (Lipinski definition) is 6. The molecule has 1 aliphatic heterocycles. The van der Waals surface area contributed by atoms with E-state index in [2.05, 4.69) is 69.5 Å². The molecule has 0 bridgehead atoms. The Hall–Kier alpha value is -3.20. The summed E-state index contributed by atoms with van der Waals surface area (Å²) in [5, 5.41) is 12.5. The summed E-state index contributed by atoms with van der Waals surface area (Å²) < 4.78 is 0. The van der Waals surface area contributed by atoms with E-state index in [4.69, 9.17) is 0 Å². The third-order valence-electron chi connectivity index (χ3n) is 8.70. The number of nitrogens with zero attached hydrogens (tertiary/aromatic N) is 5. The van der Waals surface area contributed by atoms with Gasteiger partial charge in [-0.25, -0.2) is 14.8 Å². The Morgan fingerprint density at radius 2 is 1.89 bits per heavy atom. The second kappa shape index (κ2) is 9.69. The van der Waals surface area contributed by atoms with Gasteiger partial charge in [0.2, 0.25) is 11.8 Å². The number of carbonyl (C=O) groups is 2. The van der Waals surface area contributed by atoms with Crippen LogP contribution in [0.4, 0.5) is 10.5 Å². The molecule has 2 saturated carbocycles. The maximum Gasteiger partial charge on any atom is 0.321 e. The second-order valence-electron chi connectivity index (χ2n) is 10.9. The van der Waals surface area contributed by atoms with Gasteiger partial charge in [-0.15, -0.1) is 0 Å². The number of rotatable bonds is 7. The minimum absolute atomic E-state index is 0.0531. The molecule has 1 spiro atoms. The van der Waals surface area contributed by atoms with Crippen molar-refractivity contribution < 1.29 is 14.7 Å². The van der Waals surface area contributed by atoms with Crippen molar-refractivity contribution >= 4 is 17.6 Å². The summed E-state index contributed by atoms with van der Waals surface area (Å²) in [4.78, 5) is 40.1. The minimum atomic E-state index is -0.364. The van der Waals surface area contributed by atoms with Crippen molar-refractivity contribution in [2.24, 2.45) is 5.92 Å². The Morgan fingerprint density at radius 1 is 1.17 bits per heavy atom. The van der Waals surface area contributed by atoms with Crippen molar-refractivity contribution in [3.8, 4) is 5.88 Å². The standard InChI is InChI=1S/C27H36N6O3/c1-31(2)27(21-9-4-3-5-10-21)13-11-26(12-14-27)18-32(25(36)33(26)16-20-7-6-8-20)17-23(34)30-22-15-28-19-29-24(22)35/h3-5,9-10,15,19-20H,6-8,11-14,16-18H2,1-2H3,(H,30,34)(H,28,29,35)/t26-,27+. The van der Waals surface area contributed by atoms with Crippen LogP contribution in [0.3, 0.4) is 0 Å². The first-order valence-electron chi connectivity index (χ1n) is 12.9. The summed E-state index contributed by atoms with van der Waals surface area (Å²) >= 11 is 0. The average Bonchev–Trinajstić information content (AvgIpc) is 3.08. The molecule has 1 saturated heterocycles. The first kappa shape index (κ1) is 24.5. The third kappa shape index (κ3) is 4.40. The molecule has 2 aromatic rings. The van der Waals surface area contributed by atoms with E-state index < -0.39 is 0 Å². The zero-order valence-corrected chi connectivity index (χ0v) is 21.2. The van der Waals surface area contributed by atoms with E-state index >= 15 is 0 Å². The molecule has 0 unspecified atom stereocenters. The van der Waals surface area contributed by atoms with Crippen LogP contribution >= 0.6 is 0 Å². The lowest BCUT2D eigenvalue weighted by Crippen LogP contribution is -2.56. The maximum atomic E-state index is 13.7. The van der Waals surface area contributed by atoms with E-state index in [1.165, 1.54) is 37.4 Å². The number of aromatic hydroxyl groups is 1. The molecule has 9 nitrogen and oxygen atoms in total. The van der Waals surface area contributed by atoms with Gasteiger partial charge in [0.05, 0.1) is 11.7 Å². The molecule has 3 fully saturated rings.